The van der Waals surface area contributed by atoms with Gasteiger partial charge in [0, 0.05) is 13.1 Å². The van der Waals surface area contributed by atoms with Crippen molar-refractivity contribution in [3.8, 4) is 5.75 Å². The van der Waals surface area contributed by atoms with Crippen molar-refractivity contribution in [1.29, 1.82) is 0 Å². The second-order valence-electron chi connectivity index (χ2n) is 7.74. The van der Waals surface area contributed by atoms with Gasteiger partial charge in [-0.05, 0) is 43.2 Å². The van der Waals surface area contributed by atoms with Crippen LogP contribution in [-0.4, -0.2) is 48.4 Å². The summed E-state index contributed by atoms with van der Waals surface area (Å²) in [7, 11) is 1.52. The number of nitrogens with zero attached hydrogens (tertiary/aromatic N) is 2. The molecule has 172 valence electrons. The molecule has 0 aliphatic rings. The van der Waals surface area contributed by atoms with Crippen molar-refractivity contribution in [2.24, 2.45) is 0 Å². The highest BCUT2D eigenvalue weighted by atomic mass is 16.5. The highest BCUT2D eigenvalue weighted by molar-refractivity contribution is 5.98. The summed E-state index contributed by atoms with van der Waals surface area (Å²) in [6, 6.07) is 20.8. The van der Waals surface area contributed by atoms with Crippen LogP contribution in [0.25, 0.3) is 0 Å². The fraction of sp³-hybridized carbons (Fsp3) is 0.259. The molecule has 33 heavy (non-hydrogen) atoms. The Balaban J connectivity index is 1.78. The van der Waals surface area contributed by atoms with Crippen LogP contribution >= 0.6 is 0 Å². The molecule has 1 aromatic heterocycles. The van der Waals surface area contributed by atoms with Crippen LogP contribution in [-0.2, 0) is 17.8 Å². The SMILES string of the molecule is C=CCN(CC(=O)N(CCc1ccccc1)Cc1ccc(C)o1)C(=O)c1ccccc1OC. The number of aryl methyl sites for hydroxylation is 1. The second kappa shape index (κ2) is 11.7. The van der Waals surface area contributed by atoms with E-state index in [4.69, 9.17) is 9.15 Å². The van der Waals surface area contributed by atoms with Crippen molar-refractivity contribution in [2.75, 3.05) is 26.7 Å². The number of methoxy groups -OCH3 is 1. The standard InChI is InChI=1S/C27H30N2O4/c1-4-17-29(27(31)24-12-8-9-13-25(24)32-3)20-26(30)28(19-23-15-14-21(2)33-23)18-16-22-10-6-5-7-11-22/h4-15H,1,16-20H2,2-3H3. The summed E-state index contributed by atoms with van der Waals surface area (Å²) < 4.78 is 11.0. The maximum Gasteiger partial charge on any atom is 0.258 e. The molecule has 0 saturated carbocycles. The van der Waals surface area contributed by atoms with Crippen LogP contribution in [0.1, 0.15) is 27.4 Å². The van der Waals surface area contributed by atoms with E-state index >= 15 is 0 Å². The third-order valence-corrected chi connectivity index (χ3v) is 5.31. The first-order chi connectivity index (χ1) is 16.0. The van der Waals surface area contributed by atoms with Gasteiger partial charge in [-0.2, -0.15) is 0 Å². The Kier molecular flexibility index (Phi) is 8.47. The van der Waals surface area contributed by atoms with Crippen molar-refractivity contribution in [1.82, 2.24) is 9.80 Å². The quantitative estimate of drug-likeness (QED) is 0.407. The summed E-state index contributed by atoms with van der Waals surface area (Å²) in [5.74, 6) is 1.53. The van der Waals surface area contributed by atoms with E-state index < -0.39 is 0 Å². The summed E-state index contributed by atoms with van der Waals surface area (Å²) in [5, 5.41) is 0. The zero-order chi connectivity index (χ0) is 23.6. The summed E-state index contributed by atoms with van der Waals surface area (Å²) in [6.45, 7) is 6.64. The van der Waals surface area contributed by atoms with Crippen molar-refractivity contribution in [2.45, 2.75) is 19.9 Å². The van der Waals surface area contributed by atoms with Gasteiger partial charge in [-0.1, -0.05) is 48.5 Å². The van der Waals surface area contributed by atoms with Crippen LogP contribution in [0, 0.1) is 6.92 Å². The number of ether oxygens (including phenoxy) is 1. The molecule has 0 unspecified atom stereocenters. The Morgan fingerprint density at radius 3 is 2.39 bits per heavy atom. The number of carbonyl (C=O) groups is 2. The predicted molar refractivity (Wildman–Crippen MR) is 128 cm³/mol. The molecular weight excluding hydrogens is 416 g/mol. The molecule has 0 aliphatic heterocycles. The lowest BCUT2D eigenvalue weighted by Gasteiger charge is -2.27. The van der Waals surface area contributed by atoms with Gasteiger partial charge in [0.1, 0.15) is 23.8 Å². The minimum Gasteiger partial charge on any atom is -0.496 e. The van der Waals surface area contributed by atoms with Crippen LogP contribution < -0.4 is 4.74 Å². The van der Waals surface area contributed by atoms with Gasteiger partial charge in [0.2, 0.25) is 5.91 Å². The maximum atomic E-state index is 13.4. The molecule has 0 atom stereocenters. The Hall–Kier alpha value is -3.80. The Morgan fingerprint density at radius 2 is 1.73 bits per heavy atom. The molecule has 2 amide bonds. The van der Waals surface area contributed by atoms with E-state index in [-0.39, 0.29) is 24.9 Å². The first kappa shape index (κ1) is 23.9. The van der Waals surface area contributed by atoms with E-state index in [0.717, 1.165) is 11.3 Å². The lowest BCUT2D eigenvalue weighted by molar-refractivity contribution is -0.132. The van der Waals surface area contributed by atoms with Crippen LogP contribution in [0.4, 0.5) is 0 Å². The van der Waals surface area contributed by atoms with Gasteiger partial charge in [-0.15, -0.1) is 6.58 Å². The first-order valence-corrected chi connectivity index (χ1v) is 10.9. The summed E-state index contributed by atoms with van der Waals surface area (Å²) in [4.78, 5) is 29.8. The molecule has 2 aromatic carbocycles. The van der Waals surface area contributed by atoms with E-state index in [0.29, 0.717) is 36.6 Å². The van der Waals surface area contributed by atoms with Crippen molar-refractivity contribution in [3.63, 3.8) is 0 Å². The van der Waals surface area contributed by atoms with Crippen molar-refractivity contribution in [3.05, 3.63) is 102 Å². The number of hydrogen-bond donors (Lipinski definition) is 0. The zero-order valence-corrected chi connectivity index (χ0v) is 19.2. The number of para-hydroxylation sites is 1. The summed E-state index contributed by atoms with van der Waals surface area (Å²) in [6.07, 6.45) is 2.32. The van der Waals surface area contributed by atoms with Crippen molar-refractivity contribution < 1.29 is 18.7 Å². The van der Waals surface area contributed by atoms with E-state index in [1.165, 1.54) is 12.0 Å². The highest BCUT2D eigenvalue weighted by Crippen LogP contribution is 2.20. The van der Waals surface area contributed by atoms with Gasteiger partial charge in [0.15, 0.2) is 0 Å². The van der Waals surface area contributed by atoms with Gasteiger partial charge in [0.05, 0.1) is 19.2 Å². The molecule has 3 aromatic rings. The molecular formula is C27H30N2O4. The molecule has 6 nitrogen and oxygen atoms in total. The number of hydrogen-bond acceptors (Lipinski definition) is 4. The largest absolute Gasteiger partial charge is 0.496 e. The van der Waals surface area contributed by atoms with Gasteiger partial charge < -0.3 is 19.0 Å². The summed E-state index contributed by atoms with van der Waals surface area (Å²) in [5.41, 5.74) is 1.55. The number of amides is 2. The second-order valence-corrected chi connectivity index (χ2v) is 7.74. The lowest BCUT2D eigenvalue weighted by Crippen LogP contribution is -2.43. The van der Waals surface area contributed by atoms with Gasteiger partial charge in [-0.25, -0.2) is 0 Å². The molecule has 0 aliphatic carbocycles. The molecule has 0 radical (unpaired) electrons. The average molecular weight is 447 g/mol. The van der Waals surface area contributed by atoms with Crippen LogP contribution in [0.3, 0.4) is 0 Å². The molecule has 1 heterocycles. The van der Waals surface area contributed by atoms with Crippen LogP contribution in [0.15, 0.2) is 83.8 Å². The van der Waals surface area contributed by atoms with Crippen LogP contribution in [0.5, 0.6) is 5.75 Å². The van der Waals surface area contributed by atoms with E-state index in [9.17, 15) is 9.59 Å². The normalized spacial score (nSPS) is 10.5. The summed E-state index contributed by atoms with van der Waals surface area (Å²) >= 11 is 0. The van der Waals surface area contributed by atoms with Gasteiger partial charge in [-0.3, -0.25) is 9.59 Å². The Morgan fingerprint density at radius 1 is 1.00 bits per heavy atom. The number of carbonyl (C=O) groups excluding carboxylic acids is 2. The van der Waals surface area contributed by atoms with E-state index in [1.54, 1.807) is 35.2 Å². The predicted octanol–water partition coefficient (Wildman–Crippen LogP) is 4.50. The number of rotatable bonds is 11. The topological polar surface area (TPSA) is 63.0 Å². The monoisotopic (exact) mass is 446 g/mol. The first-order valence-electron chi connectivity index (χ1n) is 10.9. The molecule has 0 saturated heterocycles. The molecule has 3 rings (SSSR count). The smallest absolute Gasteiger partial charge is 0.258 e. The Bertz CT molecular complexity index is 1070. The number of furan rings is 1. The highest BCUT2D eigenvalue weighted by Gasteiger charge is 2.24. The van der Waals surface area contributed by atoms with Crippen molar-refractivity contribution >= 4 is 11.8 Å². The molecule has 0 spiro atoms. The van der Waals surface area contributed by atoms with Gasteiger partial charge in [0.25, 0.3) is 5.91 Å². The third-order valence-electron chi connectivity index (χ3n) is 5.31. The third kappa shape index (κ3) is 6.59. The van der Waals surface area contributed by atoms with Crippen LogP contribution in [0.2, 0.25) is 0 Å². The minimum atomic E-state index is -0.280. The number of benzene rings is 2. The average Bonchev–Trinajstić information content (AvgIpc) is 3.26. The maximum absolute atomic E-state index is 13.4. The lowest BCUT2D eigenvalue weighted by atomic mass is 10.1. The minimum absolute atomic E-state index is 0.0720. The zero-order valence-electron chi connectivity index (χ0n) is 19.2. The van der Waals surface area contributed by atoms with E-state index in [2.05, 4.69) is 6.58 Å². The van der Waals surface area contributed by atoms with Gasteiger partial charge >= 0.3 is 0 Å². The molecule has 0 fully saturated rings. The van der Waals surface area contributed by atoms with E-state index in [1.807, 2.05) is 49.4 Å². The molecule has 6 heteroatoms. The molecule has 0 N–H and O–H groups in total. The molecule has 0 bridgehead atoms. The Labute approximate surface area is 195 Å². The fourth-order valence-electron chi connectivity index (χ4n) is 3.59. The fourth-order valence-corrected chi connectivity index (χ4v) is 3.59.